The molecule has 3 heteroatoms. The van der Waals surface area contributed by atoms with Crippen LogP contribution in [-0.4, -0.2) is 48.3 Å². The summed E-state index contributed by atoms with van der Waals surface area (Å²) in [7, 11) is 0. The van der Waals surface area contributed by atoms with E-state index in [2.05, 4.69) is 31.0 Å². The zero-order valence-corrected chi connectivity index (χ0v) is 9.66. The Hall–Kier alpha value is -0.120. The molecule has 1 saturated heterocycles. The first-order valence-electron chi connectivity index (χ1n) is 5.71. The van der Waals surface area contributed by atoms with Crippen LogP contribution in [-0.2, 0) is 0 Å². The van der Waals surface area contributed by atoms with E-state index in [-0.39, 0.29) is 6.61 Å². The van der Waals surface area contributed by atoms with E-state index in [1.54, 1.807) is 0 Å². The van der Waals surface area contributed by atoms with Gasteiger partial charge in [-0.15, -0.1) is 0 Å². The Morgan fingerprint density at radius 3 is 2.64 bits per heavy atom. The van der Waals surface area contributed by atoms with Gasteiger partial charge in [0.2, 0.25) is 0 Å². The Balaban J connectivity index is 2.31. The van der Waals surface area contributed by atoms with Gasteiger partial charge in [0.05, 0.1) is 6.61 Å². The monoisotopic (exact) mass is 200 g/mol. The van der Waals surface area contributed by atoms with Crippen molar-refractivity contribution in [3.8, 4) is 0 Å². The van der Waals surface area contributed by atoms with Gasteiger partial charge in [0, 0.05) is 25.2 Å². The van der Waals surface area contributed by atoms with Crippen LogP contribution in [0.2, 0.25) is 0 Å². The number of hydrogen-bond acceptors (Lipinski definition) is 3. The van der Waals surface area contributed by atoms with Crippen LogP contribution in [0.5, 0.6) is 0 Å². The Morgan fingerprint density at radius 1 is 1.50 bits per heavy atom. The van der Waals surface area contributed by atoms with Crippen molar-refractivity contribution in [2.24, 2.45) is 5.92 Å². The summed E-state index contributed by atoms with van der Waals surface area (Å²) < 4.78 is 0. The van der Waals surface area contributed by atoms with Crippen LogP contribution in [0.25, 0.3) is 0 Å². The number of aliphatic hydroxyl groups is 1. The highest BCUT2D eigenvalue weighted by molar-refractivity contribution is 4.82. The van der Waals surface area contributed by atoms with E-state index in [0.29, 0.717) is 12.1 Å². The molecule has 0 aromatic rings. The van der Waals surface area contributed by atoms with E-state index in [1.165, 1.54) is 6.42 Å². The molecule has 0 aliphatic carbocycles. The quantitative estimate of drug-likeness (QED) is 0.685. The fraction of sp³-hybridized carbons (Fsp3) is 1.00. The topological polar surface area (TPSA) is 35.5 Å². The van der Waals surface area contributed by atoms with Crippen molar-refractivity contribution >= 4 is 0 Å². The maximum Gasteiger partial charge on any atom is 0.0558 e. The molecule has 0 amide bonds. The Kier molecular flexibility index (Phi) is 4.85. The van der Waals surface area contributed by atoms with Gasteiger partial charge in [-0.3, -0.25) is 4.90 Å². The number of aliphatic hydroxyl groups excluding tert-OH is 1. The summed E-state index contributed by atoms with van der Waals surface area (Å²) >= 11 is 0. The Labute approximate surface area is 87.5 Å². The first-order chi connectivity index (χ1) is 6.63. The van der Waals surface area contributed by atoms with Crippen LogP contribution >= 0.6 is 0 Å². The van der Waals surface area contributed by atoms with Crippen LogP contribution in [0.1, 0.15) is 27.2 Å². The highest BCUT2D eigenvalue weighted by Gasteiger charge is 2.23. The van der Waals surface area contributed by atoms with E-state index in [4.69, 9.17) is 5.11 Å². The molecule has 1 fully saturated rings. The first-order valence-corrected chi connectivity index (χ1v) is 5.71. The molecule has 3 nitrogen and oxygen atoms in total. The largest absolute Gasteiger partial charge is 0.395 e. The predicted octanol–water partition coefficient (Wildman–Crippen LogP) is 0.687. The fourth-order valence-electron chi connectivity index (χ4n) is 2.13. The van der Waals surface area contributed by atoms with Gasteiger partial charge in [-0.25, -0.2) is 0 Å². The Bertz CT molecular complexity index is 161. The second kappa shape index (κ2) is 5.69. The molecule has 2 unspecified atom stereocenters. The maximum absolute atomic E-state index is 8.95. The lowest BCUT2D eigenvalue weighted by Crippen LogP contribution is -2.42. The molecule has 2 N–H and O–H groups in total. The van der Waals surface area contributed by atoms with Gasteiger partial charge in [-0.1, -0.05) is 6.92 Å². The summed E-state index contributed by atoms with van der Waals surface area (Å²) in [6.07, 6.45) is 1.27. The van der Waals surface area contributed by atoms with Gasteiger partial charge < -0.3 is 10.4 Å². The minimum Gasteiger partial charge on any atom is -0.395 e. The summed E-state index contributed by atoms with van der Waals surface area (Å²) in [6, 6.07) is 1.15. The molecule has 1 aliphatic heterocycles. The van der Waals surface area contributed by atoms with Crippen molar-refractivity contribution in [3.63, 3.8) is 0 Å². The lowest BCUT2D eigenvalue weighted by atomic mass is 10.1. The SMILES string of the molecule is CC1CNC(CN(CCO)C(C)C)C1. The molecular formula is C11H24N2O. The Morgan fingerprint density at radius 2 is 2.21 bits per heavy atom. The molecule has 2 atom stereocenters. The van der Waals surface area contributed by atoms with E-state index in [1.807, 2.05) is 0 Å². The van der Waals surface area contributed by atoms with E-state index in [9.17, 15) is 0 Å². The standard InChI is InChI=1S/C11H24N2O/c1-9(2)13(4-5-14)8-11-6-10(3)7-12-11/h9-12,14H,4-8H2,1-3H3. The van der Waals surface area contributed by atoms with Gasteiger partial charge in [0.25, 0.3) is 0 Å². The second-order valence-electron chi connectivity index (χ2n) is 4.76. The molecule has 0 spiro atoms. The third-order valence-electron chi connectivity index (χ3n) is 3.01. The minimum atomic E-state index is 0.264. The fourth-order valence-corrected chi connectivity index (χ4v) is 2.13. The first kappa shape index (κ1) is 12.0. The number of rotatable bonds is 5. The third-order valence-corrected chi connectivity index (χ3v) is 3.01. The smallest absolute Gasteiger partial charge is 0.0558 e. The van der Waals surface area contributed by atoms with Gasteiger partial charge in [-0.2, -0.15) is 0 Å². The normalized spacial score (nSPS) is 27.9. The van der Waals surface area contributed by atoms with Crippen LogP contribution < -0.4 is 5.32 Å². The van der Waals surface area contributed by atoms with Gasteiger partial charge in [0.1, 0.15) is 0 Å². The molecule has 84 valence electrons. The molecule has 1 rings (SSSR count). The lowest BCUT2D eigenvalue weighted by molar-refractivity contribution is 0.154. The minimum absolute atomic E-state index is 0.264. The maximum atomic E-state index is 8.95. The molecule has 0 aromatic heterocycles. The van der Waals surface area contributed by atoms with Crippen LogP contribution in [0.3, 0.4) is 0 Å². The predicted molar refractivity (Wildman–Crippen MR) is 59.4 cm³/mol. The van der Waals surface area contributed by atoms with Crippen molar-refractivity contribution in [2.45, 2.75) is 39.3 Å². The average Bonchev–Trinajstić information content (AvgIpc) is 2.50. The van der Waals surface area contributed by atoms with Crippen molar-refractivity contribution < 1.29 is 5.11 Å². The summed E-state index contributed by atoms with van der Waals surface area (Å²) in [5, 5.41) is 12.5. The van der Waals surface area contributed by atoms with Crippen molar-refractivity contribution in [1.82, 2.24) is 10.2 Å². The number of nitrogens with zero attached hydrogens (tertiary/aromatic N) is 1. The molecule has 0 radical (unpaired) electrons. The zero-order valence-electron chi connectivity index (χ0n) is 9.66. The van der Waals surface area contributed by atoms with Crippen LogP contribution in [0.15, 0.2) is 0 Å². The van der Waals surface area contributed by atoms with Gasteiger partial charge in [0.15, 0.2) is 0 Å². The highest BCUT2D eigenvalue weighted by atomic mass is 16.3. The van der Waals surface area contributed by atoms with Crippen LogP contribution in [0, 0.1) is 5.92 Å². The van der Waals surface area contributed by atoms with Crippen molar-refractivity contribution in [1.29, 1.82) is 0 Å². The van der Waals surface area contributed by atoms with E-state index in [0.717, 1.165) is 25.6 Å². The summed E-state index contributed by atoms with van der Waals surface area (Å²) in [4.78, 5) is 2.34. The molecule has 0 bridgehead atoms. The third kappa shape index (κ3) is 3.56. The van der Waals surface area contributed by atoms with E-state index < -0.39 is 0 Å². The molecule has 14 heavy (non-hydrogen) atoms. The summed E-state index contributed by atoms with van der Waals surface area (Å²) in [6.45, 7) is 9.95. The molecular weight excluding hydrogens is 176 g/mol. The molecule has 0 saturated carbocycles. The van der Waals surface area contributed by atoms with Crippen LogP contribution in [0.4, 0.5) is 0 Å². The summed E-state index contributed by atoms with van der Waals surface area (Å²) in [5.74, 6) is 0.808. The van der Waals surface area contributed by atoms with Gasteiger partial charge in [-0.05, 0) is 32.7 Å². The lowest BCUT2D eigenvalue weighted by Gasteiger charge is -2.28. The number of nitrogens with one attached hydrogen (secondary N) is 1. The zero-order chi connectivity index (χ0) is 10.6. The summed E-state index contributed by atoms with van der Waals surface area (Å²) in [5.41, 5.74) is 0. The van der Waals surface area contributed by atoms with Crippen molar-refractivity contribution in [3.05, 3.63) is 0 Å². The second-order valence-corrected chi connectivity index (χ2v) is 4.76. The van der Waals surface area contributed by atoms with E-state index >= 15 is 0 Å². The van der Waals surface area contributed by atoms with Gasteiger partial charge >= 0.3 is 0 Å². The highest BCUT2D eigenvalue weighted by Crippen LogP contribution is 2.14. The molecule has 1 aliphatic rings. The molecule has 1 heterocycles. The average molecular weight is 200 g/mol. The van der Waals surface area contributed by atoms with Crippen molar-refractivity contribution in [2.75, 3.05) is 26.2 Å². The molecule has 0 aromatic carbocycles. The number of hydrogen-bond donors (Lipinski definition) is 2.